The van der Waals surface area contributed by atoms with Crippen LogP contribution in [0.2, 0.25) is 0 Å². The zero-order valence-corrected chi connectivity index (χ0v) is 16.0. The lowest BCUT2D eigenvalue weighted by Gasteiger charge is -2.25. The van der Waals surface area contributed by atoms with Crippen LogP contribution in [0.5, 0.6) is 11.6 Å². The molecule has 0 aliphatic carbocycles. The number of para-hydroxylation sites is 1. The summed E-state index contributed by atoms with van der Waals surface area (Å²) in [6, 6.07) is 15.6. The van der Waals surface area contributed by atoms with Crippen molar-refractivity contribution in [2.75, 3.05) is 6.61 Å². The summed E-state index contributed by atoms with van der Waals surface area (Å²) in [5, 5.41) is 28.1. The maximum absolute atomic E-state index is 11.2. The molecule has 9 heteroatoms. The number of nitrogens with two attached hydrogens (primary N) is 1. The van der Waals surface area contributed by atoms with Gasteiger partial charge in [0.05, 0.1) is 28.7 Å². The number of aromatic amines is 1. The van der Waals surface area contributed by atoms with Gasteiger partial charge in [0.2, 0.25) is 11.8 Å². The summed E-state index contributed by atoms with van der Waals surface area (Å²) >= 11 is 0. The van der Waals surface area contributed by atoms with Gasteiger partial charge in [0.1, 0.15) is 17.4 Å². The quantitative estimate of drug-likeness (QED) is 0.490. The highest BCUT2D eigenvalue weighted by molar-refractivity contribution is 5.73. The summed E-state index contributed by atoms with van der Waals surface area (Å²) in [6.45, 7) is 2.31. The number of ether oxygens (including phenoxy) is 2. The molecule has 1 aromatic heterocycles. The second kappa shape index (κ2) is 7.60. The Labute approximate surface area is 171 Å². The first-order chi connectivity index (χ1) is 14.5. The maximum Gasteiger partial charge on any atom is 0.270 e. The lowest BCUT2D eigenvalue weighted by molar-refractivity contribution is -0.384. The summed E-state index contributed by atoms with van der Waals surface area (Å²) in [7, 11) is 0. The van der Waals surface area contributed by atoms with Crippen LogP contribution < -0.4 is 15.2 Å². The van der Waals surface area contributed by atoms with E-state index in [1.165, 1.54) is 12.1 Å². The van der Waals surface area contributed by atoms with Gasteiger partial charge in [-0.2, -0.15) is 5.26 Å². The zero-order valence-electron chi connectivity index (χ0n) is 16.0. The predicted octanol–water partition coefficient (Wildman–Crippen LogP) is 3.60. The van der Waals surface area contributed by atoms with E-state index in [2.05, 4.69) is 16.3 Å². The van der Waals surface area contributed by atoms with Crippen LogP contribution in [0.3, 0.4) is 0 Å². The number of H-pyrrole nitrogens is 1. The number of non-ortho nitro benzene ring substituents is 1. The summed E-state index contributed by atoms with van der Waals surface area (Å²) in [5.41, 5.74) is 8.50. The Morgan fingerprint density at radius 1 is 1.33 bits per heavy atom. The fourth-order valence-corrected chi connectivity index (χ4v) is 3.56. The number of nitrogens with zero attached hydrogens (tertiary/aromatic N) is 3. The third-order valence-corrected chi connectivity index (χ3v) is 4.81. The van der Waals surface area contributed by atoms with E-state index >= 15 is 0 Å². The van der Waals surface area contributed by atoms with Gasteiger partial charge in [0.25, 0.3) is 5.69 Å². The Balaban J connectivity index is 1.96. The smallest absolute Gasteiger partial charge is 0.270 e. The van der Waals surface area contributed by atoms with Crippen molar-refractivity contribution in [1.82, 2.24) is 10.2 Å². The molecule has 9 nitrogen and oxygen atoms in total. The fraction of sp³-hybridized carbons (Fsp3) is 0.143. The van der Waals surface area contributed by atoms with Crippen molar-refractivity contribution in [1.29, 1.82) is 5.26 Å². The first-order valence-electron chi connectivity index (χ1n) is 9.17. The standard InChI is InChI=1S/C21H17N5O4/c1-2-29-16-9-4-3-8-14(16)17-15(11-22)20(23)30-21-18(17)19(24-25-21)12-6-5-7-13(10-12)26(27)28/h3-10,17H,2,23H2,1H3,(H,24,25)/t17-/m0/s1. The maximum atomic E-state index is 11.2. The minimum Gasteiger partial charge on any atom is -0.494 e. The van der Waals surface area contributed by atoms with Crippen molar-refractivity contribution in [3.63, 3.8) is 0 Å². The van der Waals surface area contributed by atoms with Gasteiger partial charge in [0, 0.05) is 23.3 Å². The molecule has 0 saturated carbocycles. The number of nitriles is 1. The monoisotopic (exact) mass is 403 g/mol. The topological polar surface area (TPSA) is 140 Å². The molecule has 2 aromatic carbocycles. The van der Waals surface area contributed by atoms with Crippen molar-refractivity contribution >= 4 is 5.69 Å². The molecule has 1 aliphatic rings. The van der Waals surface area contributed by atoms with Gasteiger partial charge in [-0.25, -0.2) is 0 Å². The largest absolute Gasteiger partial charge is 0.494 e. The molecule has 0 saturated heterocycles. The van der Waals surface area contributed by atoms with E-state index in [0.717, 1.165) is 5.56 Å². The van der Waals surface area contributed by atoms with Gasteiger partial charge in [-0.05, 0) is 13.0 Å². The number of nitro groups is 1. The average molecular weight is 403 g/mol. The van der Waals surface area contributed by atoms with Crippen molar-refractivity contribution in [2.45, 2.75) is 12.8 Å². The number of hydrogen-bond donors (Lipinski definition) is 2. The van der Waals surface area contributed by atoms with Gasteiger partial charge in [-0.1, -0.05) is 30.3 Å². The van der Waals surface area contributed by atoms with E-state index in [9.17, 15) is 15.4 Å². The highest BCUT2D eigenvalue weighted by Gasteiger charge is 2.37. The second-order valence-electron chi connectivity index (χ2n) is 6.52. The van der Waals surface area contributed by atoms with Crippen molar-refractivity contribution < 1.29 is 14.4 Å². The third kappa shape index (κ3) is 3.10. The molecular formula is C21H17N5O4. The van der Waals surface area contributed by atoms with E-state index in [0.29, 0.717) is 29.2 Å². The highest BCUT2D eigenvalue weighted by Crippen LogP contribution is 2.47. The Morgan fingerprint density at radius 3 is 2.87 bits per heavy atom. The van der Waals surface area contributed by atoms with E-state index in [1.807, 2.05) is 31.2 Å². The van der Waals surface area contributed by atoms with Crippen LogP contribution in [-0.4, -0.2) is 21.7 Å². The van der Waals surface area contributed by atoms with Gasteiger partial charge in [-0.15, -0.1) is 5.10 Å². The summed E-state index contributed by atoms with van der Waals surface area (Å²) < 4.78 is 11.4. The number of nitrogens with one attached hydrogen (secondary N) is 1. The molecule has 0 fully saturated rings. The zero-order chi connectivity index (χ0) is 21.3. The molecule has 1 atom stereocenters. The van der Waals surface area contributed by atoms with Crippen LogP contribution in [0.1, 0.15) is 24.0 Å². The molecule has 4 rings (SSSR count). The van der Waals surface area contributed by atoms with Crippen LogP contribution in [0.4, 0.5) is 5.69 Å². The molecule has 0 bridgehead atoms. The lowest BCUT2D eigenvalue weighted by Crippen LogP contribution is -2.21. The first kappa shape index (κ1) is 19.0. The van der Waals surface area contributed by atoms with Gasteiger partial charge >= 0.3 is 0 Å². The van der Waals surface area contributed by atoms with Gasteiger partial charge in [-0.3, -0.25) is 15.2 Å². The fourth-order valence-electron chi connectivity index (χ4n) is 3.56. The molecule has 0 spiro atoms. The van der Waals surface area contributed by atoms with Gasteiger partial charge in [0.15, 0.2) is 0 Å². The van der Waals surface area contributed by atoms with Crippen molar-refractivity contribution in [3.8, 4) is 29.0 Å². The normalized spacial score (nSPS) is 15.1. The number of fused-ring (bicyclic) bond motifs is 1. The number of aromatic nitrogens is 2. The molecule has 3 aromatic rings. The third-order valence-electron chi connectivity index (χ3n) is 4.81. The predicted molar refractivity (Wildman–Crippen MR) is 108 cm³/mol. The summed E-state index contributed by atoms with van der Waals surface area (Å²) in [4.78, 5) is 10.8. The Kier molecular flexibility index (Phi) is 4.82. The van der Waals surface area contributed by atoms with Crippen molar-refractivity contribution in [2.24, 2.45) is 5.73 Å². The lowest BCUT2D eigenvalue weighted by atomic mass is 9.82. The molecule has 30 heavy (non-hydrogen) atoms. The number of benzene rings is 2. The van der Waals surface area contributed by atoms with Gasteiger partial charge < -0.3 is 15.2 Å². The van der Waals surface area contributed by atoms with E-state index < -0.39 is 10.8 Å². The number of rotatable bonds is 5. The van der Waals surface area contributed by atoms with Crippen LogP contribution in [-0.2, 0) is 0 Å². The SMILES string of the molecule is CCOc1ccccc1[C@H]1C(C#N)=C(N)Oc2n[nH]c(-c3cccc([N+](=O)[O-])c3)c21. The van der Waals surface area contributed by atoms with E-state index in [1.54, 1.807) is 12.1 Å². The second-order valence-corrected chi connectivity index (χ2v) is 6.52. The number of allylic oxidation sites excluding steroid dienone is 1. The Bertz CT molecular complexity index is 1210. The van der Waals surface area contributed by atoms with E-state index in [4.69, 9.17) is 15.2 Å². The molecule has 0 unspecified atom stereocenters. The number of nitro benzene ring substituents is 1. The Hall–Kier alpha value is -4.32. The molecule has 0 amide bonds. The van der Waals surface area contributed by atoms with E-state index in [-0.39, 0.29) is 23.0 Å². The summed E-state index contributed by atoms with van der Waals surface area (Å²) in [6.07, 6.45) is 0. The molecule has 2 heterocycles. The average Bonchev–Trinajstić information content (AvgIpc) is 3.17. The first-order valence-corrected chi connectivity index (χ1v) is 9.17. The molecule has 1 aliphatic heterocycles. The molecule has 150 valence electrons. The van der Waals surface area contributed by atoms with Crippen LogP contribution in [0.25, 0.3) is 11.3 Å². The van der Waals surface area contributed by atoms with Crippen LogP contribution >= 0.6 is 0 Å². The van der Waals surface area contributed by atoms with Crippen LogP contribution in [0.15, 0.2) is 60.0 Å². The minimum absolute atomic E-state index is 0.0432. The summed E-state index contributed by atoms with van der Waals surface area (Å²) in [5.74, 6) is 0.154. The molecule has 3 N–H and O–H groups in total. The van der Waals surface area contributed by atoms with Crippen molar-refractivity contribution in [3.05, 3.63) is 81.2 Å². The Morgan fingerprint density at radius 2 is 2.13 bits per heavy atom. The minimum atomic E-state index is -0.616. The number of hydrogen-bond acceptors (Lipinski definition) is 7. The highest BCUT2D eigenvalue weighted by atomic mass is 16.6. The molecular weight excluding hydrogens is 386 g/mol. The van der Waals surface area contributed by atoms with Crippen LogP contribution in [0, 0.1) is 21.4 Å². The molecule has 0 radical (unpaired) electrons.